The summed E-state index contributed by atoms with van der Waals surface area (Å²) in [5.74, 6) is 0. The van der Waals surface area contributed by atoms with Crippen molar-refractivity contribution >= 4 is 17.0 Å². The smallest absolute Gasteiger partial charge is 0.123 e. The summed E-state index contributed by atoms with van der Waals surface area (Å²) in [5.41, 5.74) is 7.81. The van der Waals surface area contributed by atoms with Crippen molar-refractivity contribution < 1.29 is 0 Å². The van der Waals surface area contributed by atoms with E-state index in [1.807, 2.05) is 11.6 Å². The van der Waals surface area contributed by atoms with Gasteiger partial charge in [-0.15, -0.1) is 11.3 Å². The first-order chi connectivity index (χ1) is 7.79. The van der Waals surface area contributed by atoms with Crippen LogP contribution >= 0.6 is 11.3 Å². The van der Waals surface area contributed by atoms with E-state index >= 15 is 0 Å². The van der Waals surface area contributed by atoms with E-state index in [0.29, 0.717) is 12.6 Å². The number of aromatic nitrogens is 1. The van der Waals surface area contributed by atoms with E-state index in [1.54, 1.807) is 11.3 Å². The first kappa shape index (κ1) is 11.1. The highest BCUT2D eigenvalue weighted by Gasteiger charge is 2.01. The zero-order valence-electron chi connectivity index (χ0n) is 9.18. The Morgan fingerprint density at radius 1 is 1.38 bits per heavy atom. The highest BCUT2D eigenvalue weighted by atomic mass is 32.1. The molecule has 3 nitrogen and oxygen atoms in total. The minimum atomic E-state index is 0.297. The second-order valence-electron chi connectivity index (χ2n) is 3.70. The quantitative estimate of drug-likeness (QED) is 0.853. The van der Waals surface area contributed by atoms with Crippen molar-refractivity contribution in [2.24, 2.45) is 5.73 Å². The molecule has 0 aliphatic heterocycles. The van der Waals surface area contributed by atoms with Crippen LogP contribution in [0.4, 0.5) is 5.69 Å². The van der Waals surface area contributed by atoms with Crippen molar-refractivity contribution in [1.29, 1.82) is 0 Å². The summed E-state index contributed by atoms with van der Waals surface area (Å²) in [4.78, 5) is 4.27. The van der Waals surface area contributed by atoms with Crippen LogP contribution < -0.4 is 11.1 Å². The highest BCUT2D eigenvalue weighted by molar-refractivity contribution is 7.13. The molecule has 0 aliphatic carbocycles. The minimum Gasteiger partial charge on any atom is -0.381 e. The fourth-order valence-corrected chi connectivity index (χ4v) is 2.06. The Morgan fingerprint density at radius 2 is 2.12 bits per heavy atom. The molecule has 1 aromatic heterocycles. The predicted octanol–water partition coefficient (Wildman–Crippen LogP) is 2.57. The molecule has 1 atom stereocenters. The maximum atomic E-state index is 5.56. The number of benzene rings is 1. The molecule has 2 rings (SSSR count). The van der Waals surface area contributed by atoms with Gasteiger partial charge in [-0.05, 0) is 31.2 Å². The number of hydrogen-bond acceptors (Lipinski definition) is 4. The van der Waals surface area contributed by atoms with Crippen LogP contribution in [0.25, 0.3) is 10.6 Å². The lowest BCUT2D eigenvalue weighted by Gasteiger charge is -2.12. The van der Waals surface area contributed by atoms with Gasteiger partial charge in [0, 0.05) is 35.4 Å². The molecule has 1 unspecified atom stereocenters. The molecule has 84 valence electrons. The molecule has 0 aliphatic rings. The van der Waals surface area contributed by atoms with Crippen LogP contribution in [0.5, 0.6) is 0 Å². The molecule has 0 spiro atoms. The lowest BCUT2D eigenvalue weighted by atomic mass is 10.2. The number of thiazole rings is 1. The number of hydrogen-bond donors (Lipinski definition) is 2. The molecule has 4 heteroatoms. The van der Waals surface area contributed by atoms with Gasteiger partial charge in [-0.3, -0.25) is 0 Å². The summed E-state index contributed by atoms with van der Waals surface area (Å²) in [6.45, 7) is 2.70. The Kier molecular flexibility index (Phi) is 3.54. The molecule has 16 heavy (non-hydrogen) atoms. The highest BCUT2D eigenvalue weighted by Crippen LogP contribution is 2.23. The van der Waals surface area contributed by atoms with Gasteiger partial charge in [0.1, 0.15) is 5.01 Å². The molecule has 0 saturated carbocycles. The lowest BCUT2D eigenvalue weighted by molar-refractivity contribution is 0.804. The fourth-order valence-electron chi connectivity index (χ4n) is 1.42. The molecule has 0 amide bonds. The van der Waals surface area contributed by atoms with E-state index in [-0.39, 0.29) is 0 Å². The summed E-state index contributed by atoms with van der Waals surface area (Å²) >= 11 is 1.65. The topological polar surface area (TPSA) is 50.9 Å². The number of nitrogens with zero attached hydrogens (tertiary/aromatic N) is 1. The number of rotatable bonds is 4. The van der Waals surface area contributed by atoms with Crippen molar-refractivity contribution in [3.05, 3.63) is 35.8 Å². The van der Waals surface area contributed by atoms with Gasteiger partial charge in [0.05, 0.1) is 0 Å². The second kappa shape index (κ2) is 5.09. The molecular weight excluding hydrogens is 218 g/mol. The van der Waals surface area contributed by atoms with Crippen molar-refractivity contribution in [2.45, 2.75) is 13.0 Å². The molecule has 0 radical (unpaired) electrons. The van der Waals surface area contributed by atoms with Crippen LogP contribution in [-0.2, 0) is 0 Å². The molecule has 0 bridgehead atoms. The Labute approximate surface area is 99.3 Å². The summed E-state index contributed by atoms with van der Waals surface area (Å²) < 4.78 is 0. The van der Waals surface area contributed by atoms with E-state index in [9.17, 15) is 0 Å². The van der Waals surface area contributed by atoms with E-state index in [0.717, 1.165) is 16.3 Å². The van der Waals surface area contributed by atoms with Gasteiger partial charge < -0.3 is 11.1 Å². The Hall–Kier alpha value is -1.39. The molecular formula is C12H15N3S. The van der Waals surface area contributed by atoms with Gasteiger partial charge in [-0.1, -0.05) is 0 Å². The normalized spacial score (nSPS) is 12.4. The molecule has 0 fully saturated rings. The van der Waals surface area contributed by atoms with Gasteiger partial charge >= 0.3 is 0 Å². The van der Waals surface area contributed by atoms with E-state index in [1.165, 1.54) is 0 Å². The maximum Gasteiger partial charge on any atom is 0.123 e. The first-order valence-corrected chi connectivity index (χ1v) is 6.14. The van der Waals surface area contributed by atoms with Gasteiger partial charge in [0.2, 0.25) is 0 Å². The van der Waals surface area contributed by atoms with Crippen molar-refractivity contribution in [2.75, 3.05) is 11.9 Å². The molecule has 2 aromatic rings. The monoisotopic (exact) mass is 233 g/mol. The van der Waals surface area contributed by atoms with Crippen molar-refractivity contribution in [3.63, 3.8) is 0 Å². The Balaban J connectivity index is 2.11. The average Bonchev–Trinajstić information content (AvgIpc) is 2.83. The van der Waals surface area contributed by atoms with Crippen LogP contribution in [0.2, 0.25) is 0 Å². The van der Waals surface area contributed by atoms with Crippen LogP contribution in [0.15, 0.2) is 35.8 Å². The fraction of sp³-hybridized carbons (Fsp3) is 0.250. The van der Waals surface area contributed by atoms with Crippen LogP contribution in [-0.4, -0.2) is 17.6 Å². The zero-order valence-corrected chi connectivity index (χ0v) is 10.00. The summed E-state index contributed by atoms with van der Waals surface area (Å²) in [6, 6.07) is 8.56. The number of nitrogens with one attached hydrogen (secondary N) is 1. The molecule has 1 heterocycles. The summed E-state index contributed by atoms with van der Waals surface area (Å²) in [7, 11) is 0. The van der Waals surface area contributed by atoms with E-state index in [4.69, 9.17) is 5.73 Å². The van der Waals surface area contributed by atoms with Gasteiger partial charge in [-0.2, -0.15) is 0 Å². The third kappa shape index (κ3) is 2.59. The number of anilines is 1. The SMILES string of the molecule is CC(CN)Nc1ccc(-c2nccs2)cc1. The third-order valence-corrected chi connectivity index (χ3v) is 3.15. The van der Waals surface area contributed by atoms with Crippen LogP contribution in [0.1, 0.15) is 6.92 Å². The van der Waals surface area contributed by atoms with Crippen LogP contribution in [0.3, 0.4) is 0 Å². The number of nitrogens with two attached hydrogens (primary N) is 1. The Morgan fingerprint density at radius 3 is 2.69 bits per heavy atom. The lowest BCUT2D eigenvalue weighted by Crippen LogP contribution is -2.24. The van der Waals surface area contributed by atoms with Gasteiger partial charge in [0.25, 0.3) is 0 Å². The van der Waals surface area contributed by atoms with Gasteiger partial charge in [-0.25, -0.2) is 4.98 Å². The van der Waals surface area contributed by atoms with E-state index in [2.05, 4.69) is 41.5 Å². The second-order valence-corrected chi connectivity index (χ2v) is 4.59. The largest absolute Gasteiger partial charge is 0.381 e. The van der Waals surface area contributed by atoms with Gasteiger partial charge in [0.15, 0.2) is 0 Å². The van der Waals surface area contributed by atoms with Crippen molar-refractivity contribution in [1.82, 2.24) is 4.98 Å². The predicted molar refractivity (Wildman–Crippen MR) is 69.7 cm³/mol. The maximum absolute atomic E-state index is 5.56. The molecule has 3 N–H and O–H groups in total. The average molecular weight is 233 g/mol. The molecule has 0 saturated heterocycles. The third-order valence-electron chi connectivity index (χ3n) is 2.33. The molecule has 1 aromatic carbocycles. The summed E-state index contributed by atoms with van der Waals surface area (Å²) in [5, 5.41) is 6.36. The van der Waals surface area contributed by atoms with Crippen LogP contribution in [0, 0.1) is 0 Å². The standard InChI is InChI=1S/C12H15N3S/c1-9(8-13)15-11-4-2-10(3-5-11)12-14-6-7-16-12/h2-7,9,15H,8,13H2,1H3. The zero-order chi connectivity index (χ0) is 11.4. The minimum absolute atomic E-state index is 0.297. The van der Waals surface area contributed by atoms with Crippen molar-refractivity contribution in [3.8, 4) is 10.6 Å². The first-order valence-electron chi connectivity index (χ1n) is 5.26. The Bertz CT molecular complexity index is 422. The summed E-state index contributed by atoms with van der Waals surface area (Å²) in [6.07, 6.45) is 1.82. The van der Waals surface area contributed by atoms with E-state index < -0.39 is 0 Å².